The summed E-state index contributed by atoms with van der Waals surface area (Å²) in [7, 11) is 1.87. The van der Waals surface area contributed by atoms with Crippen molar-refractivity contribution in [2.45, 2.75) is 13.3 Å². The first-order valence-corrected chi connectivity index (χ1v) is 5.64. The normalized spacial score (nSPS) is 10.3. The molecule has 0 atom stereocenters. The third-order valence-electron chi connectivity index (χ3n) is 2.42. The number of likely N-dealkylation sites (N-methyl/N-ethyl adjacent to an activating group) is 1. The van der Waals surface area contributed by atoms with Gasteiger partial charge in [0.2, 0.25) is 0 Å². The first-order chi connectivity index (χ1) is 8.17. The molecule has 1 aromatic carbocycles. The van der Waals surface area contributed by atoms with E-state index in [9.17, 15) is 4.39 Å². The molecule has 0 aliphatic heterocycles. The molecule has 1 aromatic rings. The van der Waals surface area contributed by atoms with E-state index in [0.29, 0.717) is 18.9 Å². The Balaban J connectivity index is 2.56. The molecule has 0 saturated heterocycles. The van der Waals surface area contributed by atoms with Crippen molar-refractivity contribution in [2.24, 2.45) is 0 Å². The first kappa shape index (κ1) is 13.5. The molecule has 0 radical (unpaired) electrons. The molecular weight excluding hydrogens is 219 g/mol. The highest BCUT2D eigenvalue weighted by Gasteiger charge is 2.05. The van der Waals surface area contributed by atoms with Crippen LogP contribution in [0.1, 0.15) is 12.5 Å². The van der Waals surface area contributed by atoms with Gasteiger partial charge in [0, 0.05) is 6.54 Å². The van der Waals surface area contributed by atoms with Crippen LogP contribution < -0.4 is 4.74 Å². The zero-order valence-electron chi connectivity index (χ0n) is 10.2. The van der Waals surface area contributed by atoms with E-state index in [1.807, 2.05) is 24.9 Å². The molecule has 0 fully saturated rings. The molecular formula is C13H17FN2O. The average Bonchev–Trinajstić information content (AvgIpc) is 2.30. The van der Waals surface area contributed by atoms with Crippen LogP contribution in [0.5, 0.6) is 5.75 Å². The summed E-state index contributed by atoms with van der Waals surface area (Å²) in [4.78, 5) is 1.90. The second kappa shape index (κ2) is 6.87. The molecule has 92 valence electrons. The van der Waals surface area contributed by atoms with Crippen molar-refractivity contribution < 1.29 is 9.13 Å². The molecule has 0 spiro atoms. The topological polar surface area (TPSA) is 36.3 Å². The molecule has 0 aromatic heterocycles. The average molecular weight is 236 g/mol. The maximum absolute atomic E-state index is 13.5. The number of nitriles is 1. The lowest BCUT2D eigenvalue weighted by Crippen LogP contribution is -2.21. The monoisotopic (exact) mass is 236 g/mol. The van der Waals surface area contributed by atoms with E-state index in [2.05, 4.69) is 6.07 Å². The number of nitrogens with zero attached hydrogens (tertiary/aromatic N) is 2. The standard InChI is InChI=1S/C13H17FN2O/c1-3-17-13-5-4-11(10-12(13)14)6-8-16(2)9-7-15/h4-5,10H,3,6,8-9H2,1-2H3. The molecule has 17 heavy (non-hydrogen) atoms. The number of halogens is 1. The number of hydrogen-bond acceptors (Lipinski definition) is 3. The lowest BCUT2D eigenvalue weighted by atomic mass is 10.1. The Bertz CT molecular complexity index is 401. The van der Waals surface area contributed by atoms with Gasteiger partial charge in [0.15, 0.2) is 11.6 Å². The summed E-state index contributed by atoms with van der Waals surface area (Å²) in [5, 5.41) is 8.51. The van der Waals surface area contributed by atoms with Gasteiger partial charge in [-0.25, -0.2) is 4.39 Å². The zero-order valence-corrected chi connectivity index (χ0v) is 10.2. The molecule has 4 heteroatoms. The van der Waals surface area contributed by atoms with E-state index < -0.39 is 0 Å². The van der Waals surface area contributed by atoms with Crippen LogP contribution in [0.2, 0.25) is 0 Å². The van der Waals surface area contributed by atoms with Crippen LogP contribution in [0.15, 0.2) is 18.2 Å². The van der Waals surface area contributed by atoms with Gasteiger partial charge in [0.25, 0.3) is 0 Å². The second-order valence-electron chi connectivity index (χ2n) is 3.84. The Morgan fingerprint density at radius 3 is 2.82 bits per heavy atom. The van der Waals surface area contributed by atoms with Crippen LogP contribution in [0.25, 0.3) is 0 Å². The zero-order chi connectivity index (χ0) is 12.7. The van der Waals surface area contributed by atoms with Crippen molar-refractivity contribution in [3.05, 3.63) is 29.6 Å². The second-order valence-corrected chi connectivity index (χ2v) is 3.84. The molecule has 1 rings (SSSR count). The lowest BCUT2D eigenvalue weighted by molar-refractivity contribution is 0.321. The van der Waals surface area contributed by atoms with Crippen LogP contribution in [-0.2, 0) is 6.42 Å². The Morgan fingerprint density at radius 1 is 1.47 bits per heavy atom. The van der Waals surface area contributed by atoms with Crippen molar-refractivity contribution >= 4 is 0 Å². The van der Waals surface area contributed by atoms with E-state index in [1.54, 1.807) is 6.07 Å². The maximum Gasteiger partial charge on any atom is 0.165 e. The highest BCUT2D eigenvalue weighted by Crippen LogP contribution is 2.18. The van der Waals surface area contributed by atoms with Gasteiger partial charge in [0.05, 0.1) is 19.2 Å². The van der Waals surface area contributed by atoms with E-state index >= 15 is 0 Å². The lowest BCUT2D eigenvalue weighted by Gasteiger charge is -2.12. The molecule has 0 aliphatic rings. The predicted molar refractivity (Wildman–Crippen MR) is 64.4 cm³/mol. The highest BCUT2D eigenvalue weighted by atomic mass is 19.1. The number of benzene rings is 1. The number of ether oxygens (including phenoxy) is 1. The van der Waals surface area contributed by atoms with Crippen LogP contribution in [0.3, 0.4) is 0 Å². The fourth-order valence-corrected chi connectivity index (χ4v) is 1.49. The Labute approximate surface area is 101 Å². The van der Waals surface area contributed by atoms with Gasteiger partial charge < -0.3 is 4.74 Å². The summed E-state index contributed by atoms with van der Waals surface area (Å²) in [6.07, 6.45) is 0.724. The van der Waals surface area contributed by atoms with E-state index in [0.717, 1.165) is 18.5 Å². The molecule has 0 aliphatic carbocycles. The van der Waals surface area contributed by atoms with E-state index in [-0.39, 0.29) is 5.82 Å². The van der Waals surface area contributed by atoms with Crippen molar-refractivity contribution in [1.82, 2.24) is 4.90 Å². The third kappa shape index (κ3) is 4.41. The minimum atomic E-state index is -0.327. The molecule has 3 nitrogen and oxygen atoms in total. The van der Waals surface area contributed by atoms with Gasteiger partial charge in [-0.2, -0.15) is 5.26 Å². The largest absolute Gasteiger partial charge is 0.491 e. The van der Waals surface area contributed by atoms with Crippen molar-refractivity contribution in [2.75, 3.05) is 26.7 Å². The SMILES string of the molecule is CCOc1ccc(CCN(C)CC#N)cc1F. The Hall–Kier alpha value is -1.60. The van der Waals surface area contributed by atoms with Crippen LogP contribution in [-0.4, -0.2) is 31.6 Å². The van der Waals surface area contributed by atoms with Crippen molar-refractivity contribution in [1.29, 1.82) is 5.26 Å². The van der Waals surface area contributed by atoms with Gasteiger partial charge in [-0.15, -0.1) is 0 Å². The minimum Gasteiger partial charge on any atom is -0.491 e. The van der Waals surface area contributed by atoms with Crippen molar-refractivity contribution in [3.63, 3.8) is 0 Å². The van der Waals surface area contributed by atoms with Gasteiger partial charge in [-0.3, -0.25) is 4.90 Å². The summed E-state index contributed by atoms with van der Waals surface area (Å²) in [6, 6.07) is 7.07. The molecule has 0 amide bonds. The van der Waals surface area contributed by atoms with Crippen LogP contribution in [0, 0.1) is 17.1 Å². The summed E-state index contributed by atoms with van der Waals surface area (Å²) in [5.41, 5.74) is 0.913. The Kier molecular flexibility index (Phi) is 5.44. The van der Waals surface area contributed by atoms with Crippen LogP contribution in [0.4, 0.5) is 4.39 Å². The van der Waals surface area contributed by atoms with Crippen molar-refractivity contribution in [3.8, 4) is 11.8 Å². The van der Waals surface area contributed by atoms with Crippen LogP contribution >= 0.6 is 0 Å². The molecule has 0 heterocycles. The number of rotatable bonds is 6. The summed E-state index contributed by atoms with van der Waals surface area (Å²) in [6.45, 7) is 3.41. The van der Waals surface area contributed by atoms with Gasteiger partial charge in [-0.05, 0) is 38.1 Å². The maximum atomic E-state index is 13.5. The van der Waals surface area contributed by atoms with Gasteiger partial charge >= 0.3 is 0 Å². The van der Waals surface area contributed by atoms with E-state index in [1.165, 1.54) is 6.07 Å². The fourth-order valence-electron chi connectivity index (χ4n) is 1.49. The molecule has 0 unspecified atom stereocenters. The predicted octanol–water partition coefficient (Wildman–Crippen LogP) is 2.22. The minimum absolute atomic E-state index is 0.293. The van der Waals surface area contributed by atoms with Gasteiger partial charge in [-0.1, -0.05) is 6.07 Å². The molecule has 0 saturated carbocycles. The number of hydrogen-bond donors (Lipinski definition) is 0. The third-order valence-corrected chi connectivity index (χ3v) is 2.42. The molecule has 0 bridgehead atoms. The van der Waals surface area contributed by atoms with E-state index in [4.69, 9.17) is 10.00 Å². The molecule has 0 N–H and O–H groups in total. The smallest absolute Gasteiger partial charge is 0.165 e. The highest BCUT2D eigenvalue weighted by molar-refractivity contribution is 5.29. The first-order valence-electron chi connectivity index (χ1n) is 5.64. The quantitative estimate of drug-likeness (QED) is 0.711. The summed E-state index contributed by atoms with van der Waals surface area (Å²) >= 11 is 0. The summed E-state index contributed by atoms with van der Waals surface area (Å²) < 4.78 is 18.6. The summed E-state index contributed by atoms with van der Waals surface area (Å²) in [5.74, 6) is -0.0334. The Morgan fingerprint density at radius 2 is 2.24 bits per heavy atom. The van der Waals surface area contributed by atoms with Gasteiger partial charge in [0.1, 0.15) is 0 Å². The fraction of sp³-hybridized carbons (Fsp3) is 0.462.